The van der Waals surface area contributed by atoms with Crippen molar-refractivity contribution in [2.75, 3.05) is 0 Å². The van der Waals surface area contributed by atoms with E-state index in [9.17, 15) is 0 Å². The summed E-state index contributed by atoms with van der Waals surface area (Å²) in [5, 5.41) is 2.27. The van der Waals surface area contributed by atoms with Crippen LogP contribution in [0.5, 0.6) is 11.5 Å². The van der Waals surface area contributed by atoms with Gasteiger partial charge in [0.2, 0.25) is 6.33 Å². The minimum absolute atomic E-state index is 0.0104. The molecular weight excluding hydrogens is 492 g/mol. The van der Waals surface area contributed by atoms with E-state index in [1.54, 1.807) is 6.33 Å². The van der Waals surface area contributed by atoms with E-state index in [-0.39, 0.29) is 5.41 Å². The minimum Gasteiger partial charge on any atom is -0.457 e. The normalized spacial score (nSPS) is 13.4. The monoisotopic (exact) mass is 526 g/mol. The third-order valence-corrected chi connectivity index (χ3v) is 7.45. The number of pyridine rings is 1. The minimum atomic E-state index is -2.30. The van der Waals surface area contributed by atoms with E-state index >= 15 is 0 Å². The first-order valence-corrected chi connectivity index (χ1v) is 13.4. The molecule has 0 amide bonds. The maximum atomic E-state index is 8.00. The zero-order valence-electron chi connectivity index (χ0n) is 25.7. The molecular formula is C35H31N4O+. The zero-order chi connectivity index (χ0) is 29.9. The number of fused-ring (bicyclic) bond motifs is 4. The fourth-order valence-corrected chi connectivity index (χ4v) is 5.42. The van der Waals surface area contributed by atoms with Gasteiger partial charge in [0.15, 0.2) is 11.0 Å². The molecule has 3 aromatic heterocycles. The van der Waals surface area contributed by atoms with Gasteiger partial charge in [0, 0.05) is 29.1 Å². The predicted molar refractivity (Wildman–Crippen MR) is 162 cm³/mol. The summed E-state index contributed by atoms with van der Waals surface area (Å²) in [6.07, 6.45) is 3.50. The Morgan fingerprint density at radius 2 is 1.52 bits per heavy atom. The number of rotatable bonds is 4. The molecule has 0 aliphatic rings. The van der Waals surface area contributed by atoms with Crippen LogP contribution in [0.2, 0.25) is 0 Å². The van der Waals surface area contributed by atoms with Crippen molar-refractivity contribution >= 4 is 32.8 Å². The summed E-state index contributed by atoms with van der Waals surface area (Å²) < 4.78 is 35.8. The summed E-state index contributed by atoms with van der Waals surface area (Å²) in [5.74, 6) is 2.20. The largest absolute Gasteiger partial charge is 0.457 e. The summed E-state index contributed by atoms with van der Waals surface area (Å²) in [6, 6.07) is 33.9. The van der Waals surface area contributed by atoms with Crippen LogP contribution in [0.3, 0.4) is 0 Å². The van der Waals surface area contributed by atoms with Crippen molar-refractivity contribution in [1.82, 2.24) is 14.1 Å². The highest BCUT2D eigenvalue weighted by molar-refractivity contribution is 6.09. The number of imidazole rings is 1. The average molecular weight is 527 g/mol. The van der Waals surface area contributed by atoms with Gasteiger partial charge < -0.3 is 4.74 Å². The highest BCUT2D eigenvalue weighted by Crippen LogP contribution is 2.36. The number of aryl methyl sites for hydroxylation is 1. The van der Waals surface area contributed by atoms with E-state index in [4.69, 9.17) is 13.8 Å². The SMILES string of the molecule is [2H]C([2H])([2H])[n+]1cn(-c2cccc(Oc3ccc4c5ccccc5n(-c5cc(C(C)(C)C)ccn5)c4c3)c2)c2ccccc21. The van der Waals surface area contributed by atoms with Gasteiger partial charge in [-0.15, -0.1) is 0 Å². The first-order chi connectivity index (χ1) is 20.6. The third kappa shape index (κ3) is 4.02. The fraction of sp³-hybridized carbons (Fsp3) is 0.143. The number of benzene rings is 4. The van der Waals surface area contributed by atoms with Gasteiger partial charge in [0.25, 0.3) is 0 Å². The number of hydrogen-bond acceptors (Lipinski definition) is 2. The highest BCUT2D eigenvalue weighted by Gasteiger charge is 2.19. The van der Waals surface area contributed by atoms with Gasteiger partial charge in [0.05, 0.1) is 22.1 Å². The van der Waals surface area contributed by atoms with Gasteiger partial charge in [0.1, 0.15) is 23.0 Å². The quantitative estimate of drug-likeness (QED) is 0.218. The summed E-state index contributed by atoms with van der Waals surface area (Å²) in [7, 11) is 0. The zero-order valence-corrected chi connectivity index (χ0v) is 22.7. The van der Waals surface area contributed by atoms with Crippen LogP contribution in [0.4, 0.5) is 0 Å². The molecule has 0 saturated carbocycles. The Morgan fingerprint density at radius 3 is 2.38 bits per heavy atom. The smallest absolute Gasteiger partial charge is 0.249 e. The predicted octanol–water partition coefficient (Wildman–Crippen LogP) is 8.04. The molecule has 4 aromatic carbocycles. The molecule has 0 radical (unpaired) electrons. The second-order valence-corrected chi connectivity index (χ2v) is 11.1. The molecule has 196 valence electrons. The van der Waals surface area contributed by atoms with Crippen molar-refractivity contribution < 1.29 is 13.4 Å². The Morgan fingerprint density at radius 1 is 0.750 bits per heavy atom. The Hall–Kier alpha value is -4.90. The molecule has 5 heteroatoms. The molecule has 0 saturated heterocycles. The fourth-order valence-electron chi connectivity index (χ4n) is 5.42. The lowest BCUT2D eigenvalue weighted by atomic mass is 9.88. The summed E-state index contributed by atoms with van der Waals surface area (Å²) in [5.41, 5.74) is 5.52. The molecule has 0 aliphatic carbocycles. The van der Waals surface area contributed by atoms with E-state index in [1.165, 1.54) is 10.1 Å². The Bertz CT molecular complexity index is 2150. The third-order valence-electron chi connectivity index (χ3n) is 7.45. The van der Waals surface area contributed by atoms with E-state index in [1.807, 2.05) is 65.4 Å². The standard InChI is InChI=1S/C35H31N4O/c1-35(2,3)24-18-19-36-34(20-24)39-30-13-6-5-12-28(30)29-17-16-27(22-33(29)39)40-26-11-9-10-25(21-26)38-23-37(4)31-14-7-8-15-32(31)38/h5-23H,1-4H3/q+1/i4D3. The Labute approximate surface area is 237 Å². The molecule has 3 heterocycles. The molecule has 0 N–H and O–H groups in total. The lowest BCUT2D eigenvalue weighted by molar-refractivity contribution is -0.645. The molecule has 7 aromatic rings. The number of para-hydroxylation sites is 3. The average Bonchev–Trinajstić information content (AvgIpc) is 3.53. The Balaban J connectivity index is 1.32. The van der Waals surface area contributed by atoms with Crippen LogP contribution in [0, 0.1) is 0 Å². The van der Waals surface area contributed by atoms with Crippen LogP contribution in [0.15, 0.2) is 116 Å². The van der Waals surface area contributed by atoms with Gasteiger partial charge in [-0.2, -0.15) is 4.57 Å². The second kappa shape index (κ2) is 9.09. The van der Waals surface area contributed by atoms with Crippen LogP contribution in [0.1, 0.15) is 30.4 Å². The molecule has 0 unspecified atom stereocenters. The van der Waals surface area contributed by atoms with Crippen LogP contribution in [-0.4, -0.2) is 14.1 Å². The number of aromatic nitrogens is 4. The maximum absolute atomic E-state index is 8.00. The molecule has 0 atom stereocenters. The number of hydrogen-bond donors (Lipinski definition) is 0. The van der Waals surface area contributed by atoms with Crippen molar-refractivity contribution in [2.45, 2.75) is 26.2 Å². The van der Waals surface area contributed by atoms with E-state index in [0.717, 1.165) is 38.8 Å². The topological polar surface area (TPSA) is 35.9 Å². The highest BCUT2D eigenvalue weighted by atomic mass is 16.5. The van der Waals surface area contributed by atoms with Crippen molar-refractivity contribution in [3.05, 3.63) is 121 Å². The molecule has 0 spiro atoms. The molecule has 0 bridgehead atoms. The Kier molecular flexibility index (Phi) is 4.77. The van der Waals surface area contributed by atoms with Gasteiger partial charge in [-0.05, 0) is 65.6 Å². The first-order valence-electron chi connectivity index (χ1n) is 14.9. The first kappa shape index (κ1) is 21.0. The lowest BCUT2D eigenvalue weighted by Crippen LogP contribution is -2.25. The molecule has 40 heavy (non-hydrogen) atoms. The number of nitrogens with zero attached hydrogens (tertiary/aromatic N) is 4. The van der Waals surface area contributed by atoms with Crippen LogP contribution < -0.4 is 9.30 Å². The molecule has 0 aliphatic heterocycles. The maximum Gasteiger partial charge on any atom is 0.249 e. The van der Waals surface area contributed by atoms with Crippen molar-refractivity contribution in [2.24, 2.45) is 6.98 Å². The van der Waals surface area contributed by atoms with Gasteiger partial charge in [-0.1, -0.05) is 57.2 Å². The molecule has 7 rings (SSSR count). The van der Waals surface area contributed by atoms with E-state index in [2.05, 4.69) is 73.9 Å². The lowest BCUT2D eigenvalue weighted by Gasteiger charge is -2.20. The van der Waals surface area contributed by atoms with Gasteiger partial charge in [-0.25, -0.2) is 9.55 Å². The van der Waals surface area contributed by atoms with Crippen molar-refractivity contribution in [1.29, 1.82) is 0 Å². The molecule has 5 nitrogen and oxygen atoms in total. The van der Waals surface area contributed by atoms with Gasteiger partial charge in [-0.3, -0.25) is 4.57 Å². The van der Waals surface area contributed by atoms with Crippen molar-refractivity contribution in [3.8, 4) is 23.0 Å². The van der Waals surface area contributed by atoms with E-state index in [0.29, 0.717) is 17.0 Å². The van der Waals surface area contributed by atoms with Crippen LogP contribution in [0.25, 0.3) is 44.3 Å². The van der Waals surface area contributed by atoms with E-state index < -0.39 is 6.98 Å². The summed E-state index contributed by atoms with van der Waals surface area (Å²) in [4.78, 5) is 4.78. The molecule has 0 fully saturated rings. The second-order valence-electron chi connectivity index (χ2n) is 11.1. The van der Waals surface area contributed by atoms with Crippen LogP contribution >= 0.6 is 0 Å². The van der Waals surface area contributed by atoms with Crippen LogP contribution in [-0.2, 0) is 12.4 Å². The summed E-state index contributed by atoms with van der Waals surface area (Å²) >= 11 is 0. The summed E-state index contributed by atoms with van der Waals surface area (Å²) in [6.45, 7) is 4.32. The van der Waals surface area contributed by atoms with Gasteiger partial charge >= 0.3 is 0 Å². The van der Waals surface area contributed by atoms with Crippen molar-refractivity contribution in [3.63, 3.8) is 0 Å². The number of ether oxygens (including phenoxy) is 1.